The van der Waals surface area contributed by atoms with Crippen molar-refractivity contribution in [3.8, 4) is 0 Å². The number of rotatable bonds is 5. The molecule has 1 aliphatic heterocycles. The largest absolute Gasteiger partial charge is 0.372 e. The standard InChI is InChI=1S/C13H27NO/c1-5-13(6-2,10-14)9-11-7-8-12(3,4)15-11/h11H,5-10,14H2,1-4H3. The Morgan fingerprint density at radius 2 is 1.93 bits per heavy atom. The highest BCUT2D eigenvalue weighted by Crippen LogP contribution is 2.38. The molecular weight excluding hydrogens is 186 g/mol. The summed E-state index contributed by atoms with van der Waals surface area (Å²) in [6, 6.07) is 0. The van der Waals surface area contributed by atoms with E-state index in [0.717, 1.165) is 13.0 Å². The molecule has 1 atom stereocenters. The third kappa shape index (κ3) is 3.18. The molecule has 2 N–H and O–H groups in total. The molecule has 1 unspecified atom stereocenters. The molecule has 1 fully saturated rings. The highest BCUT2D eigenvalue weighted by Gasteiger charge is 2.36. The first-order chi connectivity index (χ1) is 6.97. The highest BCUT2D eigenvalue weighted by atomic mass is 16.5. The maximum Gasteiger partial charge on any atom is 0.0631 e. The second kappa shape index (κ2) is 4.84. The Bertz CT molecular complexity index is 188. The molecule has 2 nitrogen and oxygen atoms in total. The van der Waals surface area contributed by atoms with Gasteiger partial charge in [-0.2, -0.15) is 0 Å². The summed E-state index contributed by atoms with van der Waals surface area (Å²) in [7, 11) is 0. The van der Waals surface area contributed by atoms with E-state index in [2.05, 4.69) is 27.7 Å². The third-order valence-corrected chi connectivity index (χ3v) is 4.15. The van der Waals surface area contributed by atoms with E-state index in [4.69, 9.17) is 10.5 Å². The summed E-state index contributed by atoms with van der Waals surface area (Å²) >= 11 is 0. The fraction of sp³-hybridized carbons (Fsp3) is 1.00. The van der Waals surface area contributed by atoms with Gasteiger partial charge in [0.25, 0.3) is 0 Å². The Morgan fingerprint density at radius 1 is 1.33 bits per heavy atom. The van der Waals surface area contributed by atoms with E-state index in [9.17, 15) is 0 Å². The molecule has 1 saturated heterocycles. The van der Waals surface area contributed by atoms with Gasteiger partial charge in [-0.3, -0.25) is 0 Å². The summed E-state index contributed by atoms with van der Waals surface area (Å²) in [5.74, 6) is 0. The highest BCUT2D eigenvalue weighted by molar-refractivity contribution is 4.87. The lowest BCUT2D eigenvalue weighted by molar-refractivity contribution is -0.0359. The van der Waals surface area contributed by atoms with Crippen molar-refractivity contribution in [1.29, 1.82) is 0 Å². The average molecular weight is 213 g/mol. The van der Waals surface area contributed by atoms with Gasteiger partial charge in [0.1, 0.15) is 0 Å². The van der Waals surface area contributed by atoms with Crippen LogP contribution in [0, 0.1) is 5.41 Å². The van der Waals surface area contributed by atoms with E-state index in [1.165, 1.54) is 25.7 Å². The molecule has 15 heavy (non-hydrogen) atoms. The lowest BCUT2D eigenvalue weighted by Crippen LogP contribution is -2.34. The van der Waals surface area contributed by atoms with Gasteiger partial charge in [-0.25, -0.2) is 0 Å². The molecule has 1 aliphatic rings. The summed E-state index contributed by atoms with van der Waals surface area (Å²) in [4.78, 5) is 0. The molecule has 0 aromatic heterocycles. The van der Waals surface area contributed by atoms with Gasteiger partial charge >= 0.3 is 0 Å². The number of hydrogen-bond donors (Lipinski definition) is 1. The van der Waals surface area contributed by atoms with Gasteiger partial charge in [0, 0.05) is 0 Å². The van der Waals surface area contributed by atoms with Crippen molar-refractivity contribution in [2.75, 3.05) is 6.54 Å². The zero-order chi connectivity index (χ0) is 11.5. The summed E-state index contributed by atoms with van der Waals surface area (Å²) < 4.78 is 6.05. The zero-order valence-electron chi connectivity index (χ0n) is 10.8. The van der Waals surface area contributed by atoms with Gasteiger partial charge in [-0.05, 0) is 57.9 Å². The summed E-state index contributed by atoms with van der Waals surface area (Å²) in [6.45, 7) is 9.66. The fourth-order valence-corrected chi connectivity index (χ4v) is 2.61. The topological polar surface area (TPSA) is 35.2 Å². The van der Waals surface area contributed by atoms with Crippen LogP contribution in [0.2, 0.25) is 0 Å². The lowest BCUT2D eigenvalue weighted by atomic mass is 9.77. The van der Waals surface area contributed by atoms with Crippen molar-refractivity contribution in [3.05, 3.63) is 0 Å². The van der Waals surface area contributed by atoms with E-state index >= 15 is 0 Å². The van der Waals surface area contributed by atoms with Crippen LogP contribution in [0.3, 0.4) is 0 Å². The minimum Gasteiger partial charge on any atom is -0.372 e. The van der Waals surface area contributed by atoms with Crippen LogP contribution in [0.5, 0.6) is 0 Å². The van der Waals surface area contributed by atoms with Crippen LogP contribution >= 0.6 is 0 Å². The zero-order valence-corrected chi connectivity index (χ0v) is 10.8. The summed E-state index contributed by atoms with van der Waals surface area (Å²) in [6.07, 6.45) is 6.30. The Labute approximate surface area is 94.6 Å². The van der Waals surface area contributed by atoms with Gasteiger partial charge in [-0.15, -0.1) is 0 Å². The Hall–Kier alpha value is -0.0800. The summed E-state index contributed by atoms with van der Waals surface area (Å²) in [5, 5.41) is 0. The quantitative estimate of drug-likeness (QED) is 0.761. The normalized spacial score (nSPS) is 25.8. The molecule has 0 spiro atoms. The van der Waals surface area contributed by atoms with Gasteiger partial charge in [0.05, 0.1) is 11.7 Å². The molecule has 0 saturated carbocycles. The van der Waals surface area contributed by atoms with Crippen LogP contribution < -0.4 is 5.73 Å². The fourth-order valence-electron chi connectivity index (χ4n) is 2.61. The molecule has 1 heterocycles. The lowest BCUT2D eigenvalue weighted by Gasteiger charge is -2.33. The van der Waals surface area contributed by atoms with Crippen molar-refractivity contribution in [2.45, 2.75) is 71.5 Å². The van der Waals surface area contributed by atoms with Crippen LogP contribution in [0.1, 0.15) is 59.8 Å². The van der Waals surface area contributed by atoms with Crippen LogP contribution in [-0.4, -0.2) is 18.2 Å². The second-order valence-corrected chi connectivity index (χ2v) is 5.65. The molecule has 0 aromatic carbocycles. The minimum atomic E-state index is 0.0898. The van der Waals surface area contributed by atoms with Gasteiger partial charge < -0.3 is 10.5 Å². The third-order valence-electron chi connectivity index (χ3n) is 4.15. The Balaban J connectivity index is 2.53. The van der Waals surface area contributed by atoms with Gasteiger partial charge in [0.15, 0.2) is 0 Å². The van der Waals surface area contributed by atoms with Crippen LogP contribution in [0.4, 0.5) is 0 Å². The van der Waals surface area contributed by atoms with E-state index in [1.54, 1.807) is 0 Å². The average Bonchev–Trinajstić information content (AvgIpc) is 2.55. The van der Waals surface area contributed by atoms with E-state index in [0.29, 0.717) is 11.5 Å². The van der Waals surface area contributed by atoms with E-state index in [-0.39, 0.29) is 5.60 Å². The molecule has 0 bridgehead atoms. The predicted molar refractivity (Wildman–Crippen MR) is 64.9 cm³/mol. The molecule has 2 heteroatoms. The van der Waals surface area contributed by atoms with Crippen molar-refractivity contribution >= 4 is 0 Å². The first kappa shape index (κ1) is 13.0. The first-order valence-corrected chi connectivity index (χ1v) is 6.35. The molecular formula is C13H27NO. The monoisotopic (exact) mass is 213 g/mol. The maximum absolute atomic E-state index is 6.05. The molecule has 0 aromatic rings. The Morgan fingerprint density at radius 3 is 2.27 bits per heavy atom. The van der Waals surface area contributed by atoms with Crippen molar-refractivity contribution in [2.24, 2.45) is 11.1 Å². The van der Waals surface area contributed by atoms with Crippen LogP contribution in [0.15, 0.2) is 0 Å². The van der Waals surface area contributed by atoms with Gasteiger partial charge in [0.2, 0.25) is 0 Å². The molecule has 90 valence electrons. The van der Waals surface area contributed by atoms with Crippen LogP contribution in [-0.2, 0) is 4.74 Å². The van der Waals surface area contributed by atoms with E-state index in [1.807, 2.05) is 0 Å². The minimum absolute atomic E-state index is 0.0898. The molecule has 0 radical (unpaired) electrons. The molecule has 1 rings (SSSR count). The molecule has 0 aliphatic carbocycles. The number of hydrogen-bond acceptors (Lipinski definition) is 2. The van der Waals surface area contributed by atoms with Crippen molar-refractivity contribution in [1.82, 2.24) is 0 Å². The predicted octanol–water partition coefficient (Wildman–Crippen LogP) is 3.10. The smallest absolute Gasteiger partial charge is 0.0631 e. The Kier molecular flexibility index (Phi) is 4.19. The maximum atomic E-state index is 6.05. The van der Waals surface area contributed by atoms with E-state index < -0.39 is 0 Å². The van der Waals surface area contributed by atoms with Crippen LogP contribution in [0.25, 0.3) is 0 Å². The first-order valence-electron chi connectivity index (χ1n) is 6.35. The number of ether oxygens (including phenoxy) is 1. The molecule has 0 amide bonds. The van der Waals surface area contributed by atoms with Crippen molar-refractivity contribution < 1.29 is 4.74 Å². The van der Waals surface area contributed by atoms with Crippen molar-refractivity contribution in [3.63, 3.8) is 0 Å². The number of nitrogens with two attached hydrogens (primary N) is 1. The van der Waals surface area contributed by atoms with Gasteiger partial charge in [-0.1, -0.05) is 13.8 Å². The second-order valence-electron chi connectivity index (χ2n) is 5.65. The SMILES string of the molecule is CCC(CC)(CN)CC1CCC(C)(C)O1. The summed E-state index contributed by atoms with van der Waals surface area (Å²) in [5.41, 5.74) is 6.32.